The fourth-order valence-electron chi connectivity index (χ4n) is 16.8. The van der Waals surface area contributed by atoms with Gasteiger partial charge in [-0.1, -0.05) is 295 Å². The maximum Gasteiger partial charge on any atom is 0.252 e. The van der Waals surface area contributed by atoms with E-state index in [0.717, 1.165) is 133 Å². The first-order valence-corrected chi connectivity index (χ1v) is 37.0. The molecule has 0 spiro atoms. The molecule has 0 unspecified atom stereocenters. The van der Waals surface area contributed by atoms with Crippen LogP contribution in [0.2, 0.25) is 0 Å². The lowest BCUT2D eigenvalue weighted by Gasteiger charge is -2.45. The van der Waals surface area contributed by atoms with Gasteiger partial charge in [0.2, 0.25) is 0 Å². The molecule has 2 aliphatic rings. The monoisotopic (exact) mass is 1380 g/mol. The van der Waals surface area contributed by atoms with Gasteiger partial charge in [0.15, 0.2) is 0 Å². The fraction of sp³-hybridized carbons (Fsp3) is 0.160. The molecule has 6 heteroatoms. The van der Waals surface area contributed by atoms with Crippen molar-refractivity contribution in [1.82, 2.24) is 9.13 Å². The van der Waals surface area contributed by atoms with E-state index in [1.165, 1.54) is 22.3 Å². The van der Waals surface area contributed by atoms with E-state index in [4.69, 9.17) is 7.16 Å². The number of hydrogen-bond donors (Lipinski definition) is 0. The first-order valence-electron chi connectivity index (χ1n) is 41.0. The zero-order valence-corrected chi connectivity index (χ0v) is 61.9. The van der Waals surface area contributed by atoms with Crippen molar-refractivity contribution in [2.75, 3.05) is 9.80 Å². The Balaban J connectivity index is 1.05. The van der Waals surface area contributed by atoms with E-state index < -0.39 is 43.0 Å². The van der Waals surface area contributed by atoms with Gasteiger partial charge in [0.05, 0.1) is 49.8 Å². The number of hydrogen-bond acceptors (Lipinski definition) is 3. The van der Waals surface area contributed by atoms with Gasteiger partial charge in [0.1, 0.15) is 11.2 Å². The van der Waals surface area contributed by atoms with E-state index in [9.17, 15) is 8.22 Å². The Morgan fingerprint density at radius 2 is 0.745 bits per heavy atom. The molecule has 5 heterocycles. The highest BCUT2D eigenvalue weighted by Crippen LogP contribution is 2.56. The number of furan rings is 1. The summed E-state index contributed by atoms with van der Waals surface area (Å²) in [6, 6.07) is 87.0. The Hall–Kier alpha value is -11.9. The van der Waals surface area contributed by atoms with Crippen molar-refractivity contribution in [3.05, 3.63) is 319 Å². The van der Waals surface area contributed by atoms with Crippen molar-refractivity contribution in [3.8, 4) is 55.9 Å². The third-order valence-corrected chi connectivity index (χ3v) is 22.3. The van der Waals surface area contributed by atoms with Gasteiger partial charge >= 0.3 is 0 Å². The number of para-hydroxylation sites is 5. The van der Waals surface area contributed by atoms with Crippen LogP contribution in [0.1, 0.15) is 116 Å². The molecule has 0 N–H and O–H groups in total. The van der Waals surface area contributed by atoms with Crippen LogP contribution in [0.3, 0.4) is 0 Å². The Morgan fingerprint density at radius 3 is 1.31 bits per heavy atom. The zero-order chi connectivity index (χ0) is 79.4. The predicted molar refractivity (Wildman–Crippen MR) is 453 cm³/mol. The predicted octanol–water partition coefficient (Wildman–Crippen LogP) is 25.7. The number of rotatable bonds is 8. The minimum Gasteiger partial charge on any atom is -0.456 e. The van der Waals surface area contributed by atoms with Gasteiger partial charge < -0.3 is 23.4 Å². The molecule has 3 aromatic heterocycles. The maximum absolute atomic E-state index is 9.92. The fourth-order valence-corrected chi connectivity index (χ4v) is 16.8. The lowest BCUT2D eigenvalue weighted by Crippen LogP contribution is -2.61. The highest BCUT2D eigenvalue weighted by Gasteiger charge is 2.46. The minimum absolute atomic E-state index is 0.00172. The van der Waals surface area contributed by atoms with Gasteiger partial charge in [-0.3, -0.25) is 0 Å². The summed E-state index contributed by atoms with van der Waals surface area (Å²) < 4.78 is 87.3. The average Bonchev–Trinajstić information content (AvgIpc) is 1.04. The normalized spacial score (nSPS) is 14.3. The topological polar surface area (TPSA) is 29.5 Å². The van der Waals surface area contributed by atoms with Gasteiger partial charge in [-0.2, -0.15) is 0 Å². The van der Waals surface area contributed by atoms with Crippen LogP contribution in [0.4, 0.5) is 34.1 Å². The molecule has 2 aliphatic heterocycles. The number of anilines is 6. The molecule has 0 aliphatic carbocycles. The molecule has 5 nitrogen and oxygen atoms in total. The zero-order valence-electron chi connectivity index (χ0n) is 69.9. The van der Waals surface area contributed by atoms with Gasteiger partial charge in [0, 0.05) is 72.2 Å². The van der Waals surface area contributed by atoms with Crippen LogP contribution >= 0.6 is 0 Å². The summed E-state index contributed by atoms with van der Waals surface area (Å²) in [7, 11) is 0. The summed E-state index contributed by atoms with van der Waals surface area (Å²) in [5, 5.41) is 3.91. The van der Waals surface area contributed by atoms with E-state index >= 15 is 0 Å². The molecule has 0 bridgehead atoms. The van der Waals surface area contributed by atoms with Crippen LogP contribution in [-0.2, 0) is 21.7 Å². The molecular weight excluding hydrogens is 1280 g/mol. The van der Waals surface area contributed by atoms with Crippen molar-refractivity contribution in [2.45, 2.75) is 105 Å². The molecule has 0 atom stereocenters. The molecular formula is C100H85BN4O. The smallest absolute Gasteiger partial charge is 0.252 e. The van der Waals surface area contributed by atoms with Crippen molar-refractivity contribution >= 4 is 123 Å². The van der Waals surface area contributed by atoms with Crippen molar-refractivity contribution in [2.24, 2.45) is 0 Å². The van der Waals surface area contributed by atoms with E-state index in [1.807, 2.05) is 24.3 Å². The molecule has 17 aromatic rings. The first-order chi connectivity index (χ1) is 54.4. The number of benzene rings is 14. The van der Waals surface area contributed by atoms with E-state index in [1.54, 1.807) is 4.57 Å². The second-order valence-electron chi connectivity index (χ2n) is 33.1. The number of aromatic nitrogens is 2. The third-order valence-electron chi connectivity index (χ3n) is 22.3. The Labute approximate surface area is 633 Å². The van der Waals surface area contributed by atoms with Gasteiger partial charge in [0.25, 0.3) is 6.71 Å². The summed E-state index contributed by atoms with van der Waals surface area (Å²) >= 11 is 0. The van der Waals surface area contributed by atoms with Crippen molar-refractivity contribution in [1.29, 1.82) is 0 Å². The van der Waals surface area contributed by atoms with Crippen LogP contribution in [0.5, 0.6) is 0 Å². The maximum atomic E-state index is 9.92. The Morgan fingerprint density at radius 1 is 0.302 bits per heavy atom. The molecule has 0 saturated heterocycles. The lowest BCUT2D eigenvalue weighted by molar-refractivity contribution is 0.568. The number of nitrogens with zero attached hydrogens (tertiary/aromatic N) is 4. The Bertz CT molecular complexity index is 6810. The SMILES string of the molecule is [2H]c1c([2H])c([2H])c2c(c1[2H])c1c([2H])c([2H])c([2H])c([2H])c1n2-c1ccc2c(c1)N(c1c(-c3ccccc3)ccc3oc4ccccc4c13)c1cc(-c3cc(C(C)(C)C)cc(C(C)(C)C)c3)cc3c1B2c1ccc(-c2cc(C(C)(C)C)cc(C(C)(C)C)c2)cc1N3c1c(-c2ccccc2)ccc2c1c1ccccc1n2-c1ccccc1. The van der Waals surface area contributed by atoms with Crippen LogP contribution in [0.15, 0.2) is 301 Å². The van der Waals surface area contributed by atoms with Crippen molar-refractivity contribution < 1.29 is 15.4 Å². The average molecular weight is 1380 g/mol. The van der Waals surface area contributed by atoms with Gasteiger partial charge in [-0.15, -0.1) is 0 Å². The molecule has 514 valence electrons. The molecule has 0 amide bonds. The van der Waals surface area contributed by atoms with E-state index in [2.05, 4.69) is 322 Å². The second-order valence-corrected chi connectivity index (χ2v) is 33.1. The molecule has 106 heavy (non-hydrogen) atoms. The van der Waals surface area contributed by atoms with Gasteiger partial charge in [-0.05, 0) is 179 Å². The summed E-state index contributed by atoms with van der Waals surface area (Å²) in [5.74, 6) is 0. The minimum atomic E-state index is -0.542. The Kier molecular flexibility index (Phi) is 12.7. The quantitative estimate of drug-likeness (QED) is 0.142. The van der Waals surface area contributed by atoms with Crippen LogP contribution in [-0.4, -0.2) is 15.8 Å². The summed E-state index contributed by atoms with van der Waals surface area (Å²) in [6.45, 7) is 27.0. The van der Waals surface area contributed by atoms with Crippen LogP contribution in [0, 0.1) is 0 Å². The molecule has 0 fully saturated rings. The van der Waals surface area contributed by atoms with Gasteiger partial charge in [-0.25, -0.2) is 0 Å². The van der Waals surface area contributed by atoms with Crippen LogP contribution < -0.4 is 26.2 Å². The molecule has 14 aromatic carbocycles. The molecule has 0 saturated carbocycles. The lowest BCUT2D eigenvalue weighted by atomic mass is 9.33. The third kappa shape index (κ3) is 10.3. The van der Waals surface area contributed by atoms with E-state index in [0.29, 0.717) is 16.9 Å². The van der Waals surface area contributed by atoms with Crippen molar-refractivity contribution in [3.63, 3.8) is 0 Å². The second kappa shape index (κ2) is 23.8. The summed E-state index contributed by atoms with van der Waals surface area (Å²) in [6.07, 6.45) is 0. The van der Waals surface area contributed by atoms with Crippen LogP contribution in [0.25, 0.3) is 121 Å². The van der Waals surface area contributed by atoms with E-state index in [-0.39, 0.29) is 55.6 Å². The largest absolute Gasteiger partial charge is 0.456 e. The highest BCUT2D eigenvalue weighted by atomic mass is 16.3. The summed E-state index contributed by atoms with van der Waals surface area (Å²) in [4.78, 5) is 5.06. The molecule has 19 rings (SSSR count). The highest BCUT2D eigenvalue weighted by molar-refractivity contribution is 7.00. The number of fused-ring (bicyclic) bond motifs is 13. The first kappa shape index (κ1) is 56.6. The molecule has 0 radical (unpaired) electrons. The summed E-state index contributed by atoms with van der Waals surface area (Å²) in [5.41, 5.74) is 25.2. The standard InChI is InChI=1S/C100H85BN4O/c1-97(2,3)68-52-65(53-69(59-68)98(4,5)6)64-44-48-80-86(56-64)104(95-74(62-30-16-13-17-31-62)46-50-85-92(95)78-38-24-28-42-84(78)102(85)72-34-20-15-21-35-72)88-57-67(66-54-70(99(7,8)9)60-71(55-66)100(10,11)12)58-89-94(88)101(80)81-49-45-73(103-82-40-26-22-36-76(82)77-37-23-27-41-83(77)103)61-87(81)105(89)96-75(63-32-18-14-19-33-63)47-51-91-93(96)79-39-25-29-43-90(79)106-91/h13-61H,1-12H3/i22D,23D,26D,27D,36D,37D,40D,41D.